The normalized spacial score (nSPS) is 19.2. The first-order chi connectivity index (χ1) is 6.16. The molecule has 1 unspecified atom stereocenters. The first kappa shape index (κ1) is 7.91. The Kier molecular flexibility index (Phi) is 1.62. The second kappa shape index (κ2) is 2.65. The Morgan fingerprint density at radius 3 is 3.00 bits per heavy atom. The summed E-state index contributed by atoms with van der Waals surface area (Å²) in [5.41, 5.74) is 12.3. The van der Waals surface area contributed by atoms with Gasteiger partial charge < -0.3 is 16.2 Å². The summed E-state index contributed by atoms with van der Waals surface area (Å²) < 4.78 is 5.29. The van der Waals surface area contributed by atoms with Gasteiger partial charge in [-0.1, -0.05) is 0 Å². The number of carbonyl (C=O) groups excluding carboxylic acids is 1. The molecule has 1 aliphatic heterocycles. The van der Waals surface area contributed by atoms with Gasteiger partial charge in [0.05, 0.1) is 0 Å². The Labute approximate surface area is 75.5 Å². The highest BCUT2D eigenvalue weighted by molar-refractivity contribution is 5.80. The highest BCUT2D eigenvalue weighted by atomic mass is 16.5. The van der Waals surface area contributed by atoms with Crippen molar-refractivity contribution in [1.29, 1.82) is 0 Å². The lowest BCUT2D eigenvalue weighted by Crippen LogP contribution is -2.31. The van der Waals surface area contributed by atoms with Crippen molar-refractivity contribution in [2.45, 2.75) is 12.5 Å². The van der Waals surface area contributed by atoms with Crippen molar-refractivity contribution in [2.75, 3.05) is 5.73 Å². The number of ether oxygens (including phenoxy) is 1. The monoisotopic (exact) mass is 178 g/mol. The van der Waals surface area contributed by atoms with Gasteiger partial charge in [-0.3, -0.25) is 4.79 Å². The number of anilines is 1. The van der Waals surface area contributed by atoms with E-state index in [1.165, 1.54) is 0 Å². The van der Waals surface area contributed by atoms with Gasteiger partial charge in [0, 0.05) is 17.7 Å². The molecule has 0 spiro atoms. The van der Waals surface area contributed by atoms with Crippen molar-refractivity contribution in [3.8, 4) is 5.75 Å². The first-order valence-corrected chi connectivity index (χ1v) is 4.01. The Balaban J connectivity index is 2.30. The number of hydrogen-bond donors (Lipinski definition) is 2. The highest BCUT2D eigenvalue weighted by Crippen LogP contribution is 2.29. The first-order valence-electron chi connectivity index (χ1n) is 4.01. The van der Waals surface area contributed by atoms with Crippen LogP contribution in [0.2, 0.25) is 0 Å². The van der Waals surface area contributed by atoms with Crippen LogP contribution in [-0.2, 0) is 11.2 Å². The summed E-state index contributed by atoms with van der Waals surface area (Å²) in [6.07, 6.45) is -0.00722. The number of benzene rings is 1. The van der Waals surface area contributed by atoms with Crippen LogP contribution in [0.15, 0.2) is 18.2 Å². The number of nitrogen functional groups attached to an aromatic ring is 1. The average Bonchev–Trinajstić information content (AvgIpc) is 2.46. The van der Waals surface area contributed by atoms with E-state index in [1.807, 2.05) is 0 Å². The zero-order valence-corrected chi connectivity index (χ0v) is 6.99. The van der Waals surface area contributed by atoms with Crippen LogP contribution in [0.25, 0.3) is 0 Å². The third-order valence-corrected chi connectivity index (χ3v) is 2.08. The molecule has 0 radical (unpaired) electrons. The topological polar surface area (TPSA) is 78.3 Å². The van der Waals surface area contributed by atoms with Gasteiger partial charge in [-0.2, -0.15) is 0 Å². The molecule has 1 heterocycles. The maximum atomic E-state index is 10.8. The van der Waals surface area contributed by atoms with Crippen molar-refractivity contribution in [3.63, 3.8) is 0 Å². The van der Waals surface area contributed by atoms with Gasteiger partial charge >= 0.3 is 0 Å². The Bertz CT molecular complexity index is 363. The molecule has 0 aliphatic carbocycles. The molecule has 0 aromatic heterocycles. The standard InChI is InChI=1S/C9H10N2O2/c10-6-1-2-7-5(3-6)4-8(13-7)9(11)12/h1-3,8H,4,10H2,(H2,11,12). The largest absolute Gasteiger partial charge is 0.480 e. The summed E-state index contributed by atoms with van der Waals surface area (Å²) in [6, 6.07) is 5.30. The Hall–Kier alpha value is -1.71. The lowest BCUT2D eigenvalue weighted by molar-refractivity contribution is -0.123. The molecule has 0 bridgehead atoms. The van der Waals surface area contributed by atoms with E-state index >= 15 is 0 Å². The third kappa shape index (κ3) is 1.30. The number of amides is 1. The molecule has 1 amide bonds. The summed E-state index contributed by atoms with van der Waals surface area (Å²) >= 11 is 0. The van der Waals surface area contributed by atoms with Crippen molar-refractivity contribution in [1.82, 2.24) is 0 Å². The molecular weight excluding hydrogens is 168 g/mol. The Morgan fingerprint density at radius 2 is 2.31 bits per heavy atom. The van der Waals surface area contributed by atoms with E-state index in [4.69, 9.17) is 16.2 Å². The van der Waals surface area contributed by atoms with E-state index in [2.05, 4.69) is 0 Å². The molecule has 4 N–H and O–H groups in total. The minimum Gasteiger partial charge on any atom is -0.480 e. The molecule has 1 aromatic carbocycles. The SMILES string of the molecule is NC(=O)C1Cc2cc(N)ccc2O1. The Morgan fingerprint density at radius 1 is 1.54 bits per heavy atom. The number of carbonyl (C=O) groups is 1. The van der Waals surface area contributed by atoms with E-state index in [0.717, 1.165) is 5.56 Å². The molecule has 0 fully saturated rings. The molecular formula is C9H10N2O2. The molecule has 13 heavy (non-hydrogen) atoms. The van der Waals surface area contributed by atoms with Crippen molar-refractivity contribution in [2.24, 2.45) is 5.73 Å². The number of primary amides is 1. The molecule has 68 valence electrons. The van der Waals surface area contributed by atoms with Crippen LogP contribution in [0, 0.1) is 0 Å². The third-order valence-electron chi connectivity index (χ3n) is 2.08. The molecule has 1 aromatic rings. The van der Waals surface area contributed by atoms with Gasteiger partial charge in [-0.25, -0.2) is 0 Å². The fourth-order valence-electron chi connectivity index (χ4n) is 1.43. The molecule has 1 aliphatic rings. The van der Waals surface area contributed by atoms with Crippen molar-refractivity contribution >= 4 is 11.6 Å². The smallest absolute Gasteiger partial charge is 0.258 e. The van der Waals surface area contributed by atoms with Crippen LogP contribution in [0.5, 0.6) is 5.75 Å². The number of nitrogens with two attached hydrogens (primary N) is 2. The summed E-state index contributed by atoms with van der Waals surface area (Å²) in [7, 11) is 0. The number of fused-ring (bicyclic) bond motifs is 1. The van der Waals surface area contributed by atoms with Crippen LogP contribution in [0.3, 0.4) is 0 Å². The van der Waals surface area contributed by atoms with Gasteiger partial charge in [-0.15, -0.1) is 0 Å². The van der Waals surface area contributed by atoms with Gasteiger partial charge in [0.25, 0.3) is 5.91 Å². The summed E-state index contributed by atoms with van der Waals surface area (Å²) in [5.74, 6) is 0.271. The van der Waals surface area contributed by atoms with Crippen molar-refractivity contribution < 1.29 is 9.53 Å². The molecule has 4 heteroatoms. The predicted octanol–water partition coefficient (Wildman–Crippen LogP) is 0.0576. The number of rotatable bonds is 1. The highest BCUT2D eigenvalue weighted by Gasteiger charge is 2.26. The van der Waals surface area contributed by atoms with Gasteiger partial charge in [0.1, 0.15) is 5.75 Å². The zero-order chi connectivity index (χ0) is 9.42. The van der Waals surface area contributed by atoms with E-state index in [1.54, 1.807) is 18.2 Å². The van der Waals surface area contributed by atoms with E-state index in [-0.39, 0.29) is 0 Å². The molecule has 4 nitrogen and oxygen atoms in total. The van der Waals surface area contributed by atoms with Crippen LogP contribution in [0.4, 0.5) is 5.69 Å². The fourth-order valence-corrected chi connectivity index (χ4v) is 1.43. The second-order valence-electron chi connectivity index (χ2n) is 3.08. The van der Waals surface area contributed by atoms with E-state index in [9.17, 15) is 4.79 Å². The lowest BCUT2D eigenvalue weighted by Gasteiger charge is -2.04. The quantitative estimate of drug-likeness (QED) is 0.597. The fraction of sp³-hybridized carbons (Fsp3) is 0.222. The van der Waals surface area contributed by atoms with Gasteiger partial charge in [0.2, 0.25) is 0 Å². The van der Waals surface area contributed by atoms with E-state index in [0.29, 0.717) is 17.9 Å². The zero-order valence-electron chi connectivity index (χ0n) is 6.99. The van der Waals surface area contributed by atoms with Crippen LogP contribution in [-0.4, -0.2) is 12.0 Å². The maximum absolute atomic E-state index is 10.8. The van der Waals surface area contributed by atoms with Gasteiger partial charge in [-0.05, 0) is 18.2 Å². The molecule has 0 saturated heterocycles. The minimum atomic E-state index is -0.531. The summed E-state index contributed by atoms with van der Waals surface area (Å²) in [6.45, 7) is 0. The maximum Gasteiger partial charge on any atom is 0.258 e. The molecule has 1 atom stereocenters. The minimum absolute atomic E-state index is 0.435. The molecule has 0 saturated carbocycles. The van der Waals surface area contributed by atoms with Crippen LogP contribution in [0.1, 0.15) is 5.56 Å². The second-order valence-corrected chi connectivity index (χ2v) is 3.08. The van der Waals surface area contributed by atoms with Crippen molar-refractivity contribution in [3.05, 3.63) is 23.8 Å². The average molecular weight is 178 g/mol. The summed E-state index contributed by atoms with van der Waals surface area (Å²) in [5, 5.41) is 0. The number of hydrogen-bond acceptors (Lipinski definition) is 3. The molecule has 2 rings (SSSR count). The van der Waals surface area contributed by atoms with Crippen LogP contribution >= 0.6 is 0 Å². The summed E-state index contributed by atoms with van der Waals surface area (Å²) in [4.78, 5) is 10.8. The van der Waals surface area contributed by atoms with Gasteiger partial charge in [0.15, 0.2) is 6.10 Å². The predicted molar refractivity (Wildman–Crippen MR) is 48.2 cm³/mol. The van der Waals surface area contributed by atoms with Crippen LogP contribution < -0.4 is 16.2 Å². The lowest BCUT2D eigenvalue weighted by atomic mass is 10.1. The van der Waals surface area contributed by atoms with E-state index < -0.39 is 12.0 Å².